The largest absolute Gasteiger partial charge is 0.360 e. The molecule has 112 valence electrons. The van der Waals surface area contributed by atoms with Gasteiger partial charge in [0, 0.05) is 11.1 Å². The first kappa shape index (κ1) is 15.5. The van der Waals surface area contributed by atoms with Gasteiger partial charge < -0.3 is 9.84 Å². The van der Waals surface area contributed by atoms with Gasteiger partial charge >= 0.3 is 0 Å². The third-order valence-corrected chi connectivity index (χ3v) is 5.18. The molecule has 1 amide bonds. The molecule has 0 aliphatic carbocycles. The maximum absolute atomic E-state index is 12.3. The van der Waals surface area contributed by atoms with Crippen LogP contribution in [0.25, 0.3) is 0 Å². The zero-order valence-corrected chi connectivity index (χ0v) is 12.9. The standard InChI is InChI=1S/C13H13ClN2O4S/c1-8-7-12(16-20-8)15-13(17)9(2)21(18,19)11-5-3-10(14)4-6-11/h3-7,9H,1-2H3,(H,15,16,17)/t9-/m1/s1. The first-order chi connectivity index (χ1) is 9.80. The highest BCUT2D eigenvalue weighted by molar-refractivity contribution is 7.92. The summed E-state index contributed by atoms with van der Waals surface area (Å²) < 4.78 is 29.5. The molecule has 21 heavy (non-hydrogen) atoms. The minimum Gasteiger partial charge on any atom is -0.360 e. The molecule has 0 aliphatic heterocycles. The van der Waals surface area contributed by atoms with Crippen LogP contribution < -0.4 is 5.32 Å². The highest BCUT2D eigenvalue weighted by Gasteiger charge is 2.30. The van der Waals surface area contributed by atoms with Crippen molar-refractivity contribution in [1.29, 1.82) is 0 Å². The molecule has 0 spiro atoms. The van der Waals surface area contributed by atoms with E-state index in [-0.39, 0.29) is 10.7 Å². The van der Waals surface area contributed by atoms with Gasteiger partial charge in [0.1, 0.15) is 11.0 Å². The number of halogens is 1. The summed E-state index contributed by atoms with van der Waals surface area (Å²) in [4.78, 5) is 12.0. The third kappa shape index (κ3) is 3.43. The van der Waals surface area contributed by atoms with Crippen LogP contribution >= 0.6 is 11.6 Å². The van der Waals surface area contributed by atoms with E-state index in [1.807, 2.05) is 0 Å². The number of aromatic nitrogens is 1. The molecular weight excluding hydrogens is 316 g/mol. The first-order valence-electron chi connectivity index (χ1n) is 6.04. The van der Waals surface area contributed by atoms with Crippen LogP contribution in [0.2, 0.25) is 5.02 Å². The lowest BCUT2D eigenvalue weighted by molar-refractivity contribution is -0.115. The predicted octanol–water partition coefficient (Wildman–Crippen LogP) is 2.44. The van der Waals surface area contributed by atoms with E-state index < -0.39 is 21.0 Å². The molecule has 1 aromatic heterocycles. The van der Waals surface area contributed by atoms with Crippen LogP contribution in [-0.2, 0) is 14.6 Å². The molecule has 0 saturated heterocycles. The molecule has 1 atom stereocenters. The van der Waals surface area contributed by atoms with Gasteiger partial charge in [-0.25, -0.2) is 8.42 Å². The second kappa shape index (κ2) is 5.87. The van der Waals surface area contributed by atoms with Crippen LogP contribution in [0.5, 0.6) is 0 Å². The highest BCUT2D eigenvalue weighted by Crippen LogP contribution is 2.20. The van der Waals surface area contributed by atoms with Crippen LogP contribution in [0.15, 0.2) is 39.8 Å². The summed E-state index contributed by atoms with van der Waals surface area (Å²) in [5.41, 5.74) is 0. The van der Waals surface area contributed by atoms with Gasteiger partial charge in [-0.3, -0.25) is 4.79 Å². The normalized spacial score (nSPS) is 12.9. The highest BCUT2D eigenvalue weighted by atomic mass is 35.5. The maximum atomic E-state index is 12.3. The average molecular weight is 329 g/mol. The number of amides is 1. The minimum absolute atomic E-state index is 0.0332. The first-order valence-corrected chi connectivity index (χ1v) is 7.97. The van der Waals surface area contributed by atoms with E-state index in [9.17, 15) is 13.2 Å². The van der Waals surface area contributed by atoms with Crippen molar-refractivity contribution in [2.75, 3.05) is 5.32 Å². The molecule has 2 rings (SSSR count). The van der Waals surface area contributed by atoms with E-state index >= 15 is 0 Å². The third-order valence-electron chi connectivity index (χ3n) is 2.86. The zero-order valence-electron chi connectivity index (χ0n) is 11.3. The monoisotopic (exact) mass is 328 g/mol. The van der Waals surface area contributed by atoms with Crippen LogP contribution in [0.1, 0.15) is 12.7 Å². The van der Waals surface area contributed by atoms with Crippen LogP contribution in [0, 0.1) is 6.92 Å². The number of carbonyl (C=O) groups excluding carboxylic acids is 1. The predicted molar refractivity (Wildman–Crippen MR) is 78.0 cm³/mol. The summed E-state index contributed by atoms with van der Waals surface area (Å²) >= 11 is 5.72. The average Bonchev–Trinajstić information content (AvgIpc) is 2.83. The fourth-order valence-corrected chi connectivity index (χ4v) is 3.01. The van der Waals surface area contributed by atoms with Gasteiger partial charge in [-0.15, -0.1) is 0 Å². The van der Waals surface area contributed by atoms with E-state index in [0.29, 0.717) is 10.8 Å². The van der Waals surface area contributed by atoms with Crippen molar-refractivity contribution in [1.82, 2.24) is 5.16 Å². The lowest BCUT2D eigenvalue weighted by Crippen LogP contribution is -2.32. The van der Waals surface area contributed by atoms with Crippen LogP contribution in [0.4, 0.5) is 5.82 Å². The molecule has 6 nitrogen and oxygen atoms in total. The molecular formula is C13H13ClN2O4S. The Hall–Kier alpha value is -1.86. The van der Waals surface area contributed by atoms with Crippen molar-refractivity contribution >= 4 is 33.2 Å². The SMILES string of the molecule is Cc1cc(NC(=O)[C@@H](C)S(=O)(=O)c2ccc(Cl)cc2)no1. The maximum Gasteiger partial charge on any atom is 0.244 e. The van der Waals surface area contributed by atoms with Gasteiger partial charge in [0.25, 0.3) is 0 Å². The summed E-state index contributed by atoms with van der Waals surface area (Å²) in [5, 5.41) is 5.14. The fourth-order valence-electron chi connectivity index (χ4n) is 1.62. The number of nitrogens with one attached hydrogen (secondary N) is 1. The van der Waals surface area contributed by atoms with Gasteiger partial charge in [-0.2, -0.15) is 0 Å². The summed E-state index contributed by atoms with van der Waals surface area (Å²) in [6, 6.07) is 7.14. The Labute approximate surface area is 127 Å². The summed E-state index contributed by atoms with van der Waals surface area (Å²) in [7, 11) is -3.80. The Kier molecular flexibility index (Phi) is 4.34. The molecule has 8 heteroatoms. The van der Waals surface area contributed by atoms with Crippen molar-refractivity contribution in [3.05, 3.63) is 41.1 Å². The number of sulfone groups is 1. The summed E-state index contributed by atoms with van der Waals surface area (Å²) in [6.07, 6.45) is 0. The molecule has 1 heterocycles. The van der Waals surface area contributed by atoms with E-state index in [0.717, 1.165) is 0 Å². The number of carbonyl (C=O) groups is 1. The summed E-state index contributed by atoms with van der Waals surface area (Å²) in [6.45, 7) is 2.97. The second-order valence-corrected chi connectivity index (χ2v) is 7.16. The van der Waals surface area contributed by atoms with Crippen LogP contribution in [0.3, 0.4) is 0 Å². The lowest BCUT2D eigenvalue weighted by atomic mass is 10.4. The Bertz CT molecular complexity index is 753. The molecule has 0 radical (unpaired) electrons. The molecule has 0 bridgehead atoms. The molecule has 1 N–H and O–H groups in total. The van der Waals surface area contributed by atoms with Crippen molar-refractivity contribution in [3.8, 4) is 0 Å². The van der Waals surface area contributed by atoms with Crippen molar-refractivity contribution in [2.45, 2.75) is 24.0 Å². The van der Waals surface area contributed by atoms with Gasteiger partial charge in [-0.05, 0) is 38.1 Å². The van der Waals surface area contributed by atoms with Crippen LogP contribution in [-0.4, -0.2) is 24.7 Å². The number of anilines is 1. The van der Waals surface area contributed by atoms with Gasteiger partial charge in [0.05, 0.1) is 4.90 Å². The number of hydrogen-bond acceptors (Lipinski definition) is 5. The molecule has 1 aromatic carbocycles. The van der Waals surface area contributed by atoms with E-state index in [1.165, 1.54) is 37.3 Å². The Morgan fingerprint density at radius 3 is 2.48 bits per heavy atom. The fraction of sp³-hybridized carbons (Fsp3) is 0.231. The van der Waals surface area contributed by atoms with Gasteiger partial charge in [0.15, 0.2) is 15.7 Å². The Morgan fingerprint density at radius 1 is 1.33 bits per heavy atom. The Balaban J connectivity index is 2.19. The molecule has 0 saturated carbocycles. The van der Waals surface area contributed by atoms with Gasteiger partial charge in [0.2, 0.25) is 5.91 Å². The van der Waals surface area contributed by atoms with E-state index in [2.05, 4.69) is 10.5 Å². The minimum atomic E-state index is -3.80. The molecule has 0 unspecified atom stereocenters. The van der Waals surface area contributed by atoms with Crippen molar-refractivity contribution in [3.63, 3.8) is 0 Å². The molecule has 0 aliphatic rings. The Morgan fingerprint density at radius 2 is 1.95 bits per heavy atom. The lowest BCUT2D eigenvalue weighted by Gasteiger charge is -2.12. The number of aryl methyl sites for hydroxylation is 1. The van der Waals surface area contributed by atoms with Crippen molar-refractivity contribution in [2.24, 2.45) is 0 Å². The topological polar surface area (TPSA) is 89.3 Å². The van der Waals surface area contributed by atoms with E-state index in [1.54, 1.807) is 6.92 Å². The number of benzene rings is 1. The van der Waals surface area contributed by atoms with E-state index in [4.69, 9.17) is 16.1 Å². The molecule has 0 fully saturated rings. The smallest absolute Gasteiger partial charge is 0.244 e. The molecule has 2 aromatic rings. The van der Waals surface area contributed by atoms with Crippen molar-refractivity contribution < 1.29 is 17.7 Å². The number of nitrogens with zero attached hydrogens (tertiary/aromatic N) is 1. The summed E-state index contributed by atoms with van der Waals surface area (Å²) in [5.74, 6) is 0.00687. The quantitative estimate of drug-likeness (QED) is 0.931. The van der Waals surface area contributed by atoms with Gasteiger partial charge in [-0.1, -0.05) is 16.8 Å². The second-order valence-electron chi connectivity index (χ2n) is 4.45. The number of rotatable bonds is 4. The number of hydrogen-bond donors (Lipinski definition) is 1. The zero-order chi connectivity index (χ0) is 15.6.